The van der Waals surface area contributed by atoms with Crippen LogP contribution in [0.2, 0.25) is 0 Å². The van der Waals surface area contributed by atoms with Gasteiger partial charge in [-0.1, -0.05) is 133 Å². The summed E-state index contributed by atoms with van der Waals surface area (Å²) in [4.78, 5) is 14.7. The summed E-state index contributed by atoms with van der Waals surface area (Å²) >= 11 is 0. The third kappa shape index (κ3) is 5.04. The summed E-state index contributed by atoms with van der Waals surface area (Å²) in [6.07, 6.45) is 3.68. The summed E-state index contributed by atoms with van der Waals surface area (Å²) in [7, 11) is 0. The number of aromatic nitrogens is 3. The molecular weight excluding hydrogens is 623 g/mol. The molecule has 0 radical (unpaired) electrons. The van der Waals surface area contributed by atoms with E-state index in [9.17, 15) is 0 Å². The van der Waals surface area contributed by atoms with Crippen LogP contribution in [-0.2, 0) is 0 Å². The van der Waals surface area contributed by atoms with Crippen molar-refractivity contribution in [3.8, 4) is 56.2 Å². The Morgan fingerprint density at radius 1 is 0.392 bits per heavy atom. The largest absolute Gasteiger partial charge is 0.455 e. The Morgan fingerprint density at radius 3 is 1.88 bits per heavy atom. The minimum Gasteiger partial charge on any atom is -0.455 e. The van der Waals surface area contributed by atoms with E-state index >= 15 is 0 Å². The van der Waals surface area contributed by atoms with Crippen LogP contribution in [0.1, 0.15) is 0 Å². The molecule has 51 heavy (non-hydrogen) atoms. The van der Waals surface area contributed by atoms with Gasteiger partial charge in [0, 0.05) is 39.9 Å². The zero-order valence-corrected chi connectivity index (χ0v) is 27.5. The second-order valence-corrected chi connectivity index (χ2v) is 12.8. The number of rotatable bonds is 5. The lowest BCUT2D eigenvalue weighted by molar-refractivity contribution is 0.670. The van der Waals surface area contributed by atoms with Crippen molar-refractivity contribution >= 4 is 43.5 Å². The molecule has 7 aromatic carbocycles. The first-order valence-corrected chi connectivity index (χ1v) is 17.1. The van der Waals surface area contributed by atoms with Crippen molar-refractivity contribution in [2.45, 2.75) is 0 Å². The van der Waals surface area contributed by atoms with Gasteiger partial charge in [0.05, 0.1) is 11.4 Å². The number of pyridine rings is 1. The third-order valence-electron chi connectivity index (χ3n) is 9.80. The molecular formula is C47H29N3O. The Bertz CT molecular complexity index is 2890. The van der Waals surface area contributed by atoms with Crippen molar-refractivity contribution in [2.75, 3.05) is 0 Å². The van der Waals surface area contributed by atoms with Crippen LogP contribution in [0.25, 0.3) is 99.6 Å². The first-order chi connectivity index (χ1) is 25.3. The van der Waals surface area contributed by atoms with Gasteiger partial charge in [0.15, 0.2) is 5.82 Å². The number of furan rings is 1. The lowest BCUT2D eigenvalue weighted by Crippen LogP contribution is -1.96. The van der Waals surface area contributed by atoms with Crippen LogP contribution in [-0.4, -0.2) is 15.0 Å². The van der Waals surface area contributed by atoms with Crippen LogP contribution in [0, 0.1) is 0 Å². The molecule has 0 amide bonds. The molecule has 0 unspecified atom stereocenters. The summed E-state index contributed by atoms with van der Waals surface area (Å²) in [5, 5.41) is 7.14. The van der Waals surface area contributed by atoms with Crippen LogP contribution < -0.4 is 0 Å². The molecule has 238 valence electrons. The van der Waals surface area contributed by atoms with Gasteiger partial charge >= 0.3 is 0 Å². The molecule has 0 fully saturated rings. The van der Waals surface area contributed by atoms with E-state index in [0.29, 0.717) is 5.82 Å². The summed E-state index contributed by atoms with van der Waals surface area (Å²) in [6, 6.07) is 57.2. The Balaban J connectivity index is 1.12. The topological polar surface area (TPSA) is 51.8 Å². The van der Waals surface area contributed by atoms with E-state index in [2.05, 4.69) is 145 Å². The van der Waals surface area contributed by atoms with E-state index in [1.54, 1.807) is 6.20 Å². The molecule has 3 aromatic heterocycles. The fraction of sp³-hybridized carbons (Fsp3) is 0. The van der Waals surface area contributed by atoms with Crippen molar-refractivity contribution in [1.82, 2.24) is 15.0 Å². The van der Waals surface area contributed by atoms with Crippen molar-refractivity contribution in [2.24, 2.45) is 0 Å². The fourth-order valence-corrected chi connectivity index (χ4v) is 7.27. The molecule has 4 nitrogen and oxygen atoms in total. The first-order valence-electron chi connectivity index (χ1n) is 17.1. The molecule has 10 aromatic rings. The molecule has 3 heterocycles. The number of hydrogen-bond donors (Lipinski definition) is 0. The predicted molar refractivity (Wildman–Crippen MR) is 209 cm³/mol. The number of fused-ring (bicyclic) bond motifs is 6. The molecule has 0 aliphatic rings. The zero-order valence-electron chi connectivity index (χ0n) is 27.5. The highest BCUT2D eigenvalue weighted by Gasteiger charge is 2.17. The van der Waals surface area contributed by atoms with E-state index in [1.165, 1.54) is 27.1 Å². The highest BCUT2D eigenvalue weighted by Crippen LogP contribution is 2.38. The second-order valence-electron chi connectivity index (χ2n) is 12.8. The average Bonchev–Trinajstić information content (AvgIpc) is 3.60. The van der Waals surface area contributed by atoms with E-state index in [-0.39, 0.29) is 0 Å². The third-order valence-corrected chi connectivity index (χ3v) is 9.80. The van der Waals surface area contributed by atoms with Gasteiger partial charge in [0.2, 0.25) is 0 Å². The summed E-state index contributed by atoms with van der Waals surface area (Å²) < 4.78 is 6.46. The number of hydrogen-bond acceptors (Lipinski definition) is 4. The highest BCUT2D eigenvalue weighted by molar-refractivity contribution is 6.14. The minimum absolute atomic E-state index is 0.655. The number of para-hydroxylation sites is 2. The van der Waals surface area contributed by atoms with Gasteiger partial charge in [-0.25, -0.2) is 9.97 Å². The lowest BCUT2D eigenvalue weighted by atomic mass is 9.93. The molecule has 0 saturated carbocycles. The van der Waals surface area contributed by atoms with Crippen molar-refractivity contribution in [3.63, 3.8) is 0 Å². The van der Waals surface area contributed by atoms with E-state index < -0.39 is 0 Å². The van der Waals surface area contributed by atoms with E-state index in [4.69, 9.17) is 14.4 Å². The SMILES string of the molecule is c1cncc(-c2ccc(-c3cc(-c4cccc5c4oc4ccccc45)nc(-c4ccc(-c5cc6ccccc6c6ccccc56)cc4)n3)cc2)c1. The Labute approximate surface area is 294 Å². The van der Waals surface area contributed by atoms with Gasteiger partial charge in [-0.05, 0) is 74.1 Å². The molecule has 0 N–H and O–H groups in total. The van der Waals surface area contributed by atoms with Gasteiger partial charge in [-0.3, -0.25) is 4.98 Å². The first kappa shape index (κ1) is 29.0. The molecule has 10 rings (SSSR count). The molecule has 0 aliphatic heterocycles. The van der Waals surface area contributed by atoms with Gasteiger partial charge in [0.25, 0.3) is 0 Å². The Kier molecular flexibility index (Phi) is 6.78. The monoisotopic (exact) mass is 651 g/mol. The maximum Gasteiger partial charge on any atom is 0.160 e. The standard InChI is InChI=1S/C47H29N3O/c1-2-11-36-34(9-1)27-42(38-13-4-3-12-37(36)38)31-20-24-33(25-21-31)47-49-43(32-22-18-30(19-23-32)35-10-8-26-48-29-35)28-44(50-47)41-16-7-15-40-39-14-5-6-17-45(39)51-46(40)41/h1-29H. The number of benzene rings is 7. The van der Waals surface area contributed by atoms with E-state index in [1.807, 2.05) is 30.5 Å². The zero-order chi connectivity index (χ0) is 33.7. The highest BCUT2D eigenvalue weighted by atomic mass is 16.3. The van der Waals surface area contributed by atoms with Crippen LogP contribution >= 0.6 is 0 Å². The van der Waals surface area contributed by atoms with Gasteiger partial charge in [-0.15, -0.1) is 0 Å². The van der Waals surface area contributed by atoms with Crippen LogP contribution in [0.3, 0.4) is 0 Å². The maximum absolute atomic E-state index is 6.46. The Hall–Kier alpha value is -6.91. The fourth-order valence-electron chi connectivity index (χ4n) is 7.27. The average molecular weight is 652 g/mol. The molecule has 4 heteroatoms. The minimum atomic E-state index is 0.655. The maximum atomic E-state index is 6.46. The van der Waals surface area contributed by atoms with Gasteiger partial charge in [0.1, 0.15) is 11.2 Å². The van der Waals surface area contributed by atoms with Crippen molar-refractivity contribution in [1.29, 1.82) is 0 Å². The number of nitrogens with zero attached hydrogens (tertiary/aromatic N) is 3. The van der Waals surface area contributed by atoms with Crippen LogP contribution in [0.4, 0.5) is 0 Å². The molecule has 0 saturated heterocycles. The van der Waals surface area contributed by atoms with Crippen LogP contribution in [0.5, 0.6) is 0 Å². The summed E-state index contributed by atoms with van der Waals surface area (Å²) in [5.74, 6) is 0.655. The van der Waals surface area contributed by atoms with Gasteiger partial charge in [-0.2, -0.15) is 0 Å². The summed E-state index contributed by atoms with van der Waals surface area (Å²) in [6.45, 7) is 0. The quantitative estimate of drug-likeness (QED) is 0.174. The lowest BCUT2D eigenvalue weighted by Gasteiger charge is -2.13. The molecule has 0 atom stereocenters. The predicted octanol–water partition coefficient (Wildman–Crippen LogP) is 12.4. The normalized spacial score (nSPS) is 11.5. The van der Waals surface area contributed by atoms with E-state index in [0.717, 1.165) is 66.7 Å². The van der Waals surface area contributed by atoms with Gasteiger partial charge < -0.3 is 4.42 Å². The molecule has 0 spiro atoms. The van der Waals surface area contributed by atoms with Crippen molar-refractivity contribution in [3.05, 3.63) is 176 Å². The molecule has 0 aliphatic carbocycles. The van der Waals surface area contributed by atoms with Crippen LogP contribution in [0.15, 0.2) is 181 Å². The van der Waals surface area contributed by atoms with Crippen molar-refractivity contribution < 1.29 is 4.42 Å². The smallest absolute Gasteiger partial charge is 0.160 e. The molecule has 0 bridgehead atoms. The summed E-state index contributed by atoms with van der Waals surface area (Å²) in [5.41, 5.74) is 10.7. The second kappa shape index (κ2) is 11.9. The Morgan fingerprint density at radius 2 is 1.06 bits per heavy atom.